The molecule has 0 bridgehead atoms. The van der Waals surface area contributed by atoms with E-state index in [0.717, 1.165) is 18.7 Å². The molecule has 120 valence electrons. The third-order valence-electron chi connectivity index (χ3n) is 4.00. The first-order chi connectivity index (χ1) is 11.3. The van der Waals surface area contributed by atoms with E-state index in [9.17, 15) is 4.79 Å². The Bertz CT molecular complexity index is 724. The third kappa shape index (κ3) is 2.75. The Morgan fingerprint density at radius 2 is 2.09 bits per heavy atom. The number of carbonyl (C=O) groups is 1. The molecule has 3 heterocycles. The average Bonchev–Trinajstić information content (AvgIpc) is 3.02. The predicted molar refractivity (Wildman–Crippen MR) is 81.6 cm³/mol. The molecule has 0 saturated carbocycles. The van der Waals surface area contributed by atoms with Crippen molar-refractivity contribution in [2.45, 2.75) is 0 Å². The molecule has 0 atom stereocenters. The van der Waals surface area contributed by atoms with Crippen LogP contribution in [0.1, 0.15) is 10.5 Å². The molecule has 1 saturated heterocycles. The number of oxazole rings is 1. The zero-order chi connectivity index (χ0) is 15.6. The highest BCUT2D eigenvalue weighted by Crippen LogP contribution is 2.35. The fraction of sp³-hybridized carbons (Fsp3) is 0.375. The van der Waals surface area contributed by atoms with Gasteiger partial charge in [-0.1, -0.05) is 0 Å². The molecule has 1 aromatic carbocycles. The predicted octanol–water partition coefficient (Wildman–Crippen LogP) is 1.06. The SMILES string of the molecule is O=C(NCC1CNC1)c1ncoc1-c1ccc2c(c1)OCCO2. The number of ether oxygens (including phenoxy) is 2. The van der Waals surface area contributed by atoms with Crippen LogP contribution in [0.5, 0.6) is 11.5 Å². The number of benzene rings is 1. The van der Waals surface area contributed by atoms with Crippen LogP contribution < -0.4 is 20.1 Å². The number of fused-ring (bicyclic) bond motifs is 1. The molecule has 1 amide bonds. The van der Waals surface area contributed by atoms with E-state index in [1.54, 1.807) is 0 Å². The summed E-state index contributed by atoms with van der Waals surface area (Å²) in [6.45, 7) is 3.56. The summed E-state index contributed by atoms with van der Waals surface area (Å²) in [5.41, 5.74) is 1.02. The van der Waals surface area contributed by atoms with E-state index in [1.165, 1.54) is 6.39 Å². The second-order valence-corrected chi connectivity index (χ2v) is 5.62. The molecule has 2 aromatic rings. The van der Waals surface area contributed by atoms with Crippen molar-refractivity contribution in [3.63, 3.8) is 0 Å². The highest BCUT2D eigenvalue weighted by molar-refractivity contribution is 5.97. The largest absolute Gasteiger partial charge is 0.486 e. The van der Waals surface area contributed by atoms with Gasteiger partial charge in [-0.05, 0) is 18.2 Å². The molecular weight excluding hydrogens is 298 g/mol. The summed E-state index contributed by atoms with van der Waals surface area (Å²) in [4.78, 5) is 16.4. The first-order valence-corrected chi connectivity index (χ1v) is 7.63. The summed E-state index contributed by atoms with van der Waals surface area (Å²) >= 11 is 0. The minimum Gasteiger partial charge on any atom is -0.486 e. The van der Waals surface area contributed by atoms with E-state index in [4.69, 9.17) is 13.9 Å². The molecule has 2 N–H and O–H groups in total. The minimum absolute atomic E-state index is 0.226. The van der Waals surface area contributed by atoms with Gasteiger partial charge in [0.25, 0.3) is 5.91 Å². The summed E-state index contributed by atoms with van der Waals surface area (Å²) in [5, 5.41) is 6.08. The number of nitrogens with one attached hydrogen (secondary N) is 2. The first-order valence-electron chi connectivity index (χ1n) is 7.63. The lowest BCUT2D eigenvalue weighted by atomic mass is 10.0. The Kier molecular flexibility index (Phi) is 3.63. The molecule has 0 radical (unpaired) electrons. The third-order valence-corrected chi connectivity index (χ3v) is 4.00. The van der Waals surface area contributed by atoms with Gasteiger partial charge in [0.1, 0.15) is 13.2 Å². The molecule has 2 aliphatic rings. The van der Waals surface area contributed by atoms with Gasteiger partial charge in [0.05, 0.1) is 0 Å². The van der Waals surface area contributed by atoms with Crippen molar-refractivity contribution in [3.05, 3.63) is 30.3 Å². The van der Waals surface area contributed by atoms with Crippen molar-refractivity contribution in [1.82, 2.24) is 15.6 Å². The molecule has 1 aromatic heterocycles. The van der Waals surface area contributed by atoms with Crippen LogP contribution in [-0.2, 0) is 0 Å². The molecule has 7 heteroatoms. The number of nitrogens with zero attached hydrogens (tertiary/aromatic N) is 1. The van der Waals surface area contributed by atoms with Gasteiger partial charge in [0.15, 0.2) is 29.3 Å². The average molecular weight is 315 g/mol. The Labute approximate surface area is 133 Å². The van der Waals surface area contributed by atoms with Crippen LogP contribution in [0.2, 0.25) is 0 Å². The Balaban J connectivity index is 1.55. The number of rotatable bonds is 4. The number of amides is 1. The van der Waals surface area contributed by atoms with E-state index in [-0.39, 0.29) is 11.6 Å². The molecule has 2 aliphatic heterocycles. The Morgan fingerprint density at radius 1 is 1.26 bits per heavy atom. The van der Waals surface area contributed by atoms with Crippen LogP contribution in [0.4, 0.5) is 0 Å². The van der Waals surface area contributed by atoms with E-state index >= 15 is 0 Å². The van der Waals surface area contributed by atoms with Crippen LogP contribution in [0.3, 0.4) is 0 Å². The topological polar surface area (TPSA) is 85.6 Å². The maximum absolute atomic E-state index is 12.3. The quantitative estimate of drug-likeness (QED) is 0.877. The number of hydrogen-bond donors (Lipinski definition) is 2. The Morgan fingerprint density at radius 3 is 2.87 bits per heavy atom. The zero-order valence-electron chi connectivity index (χ0n) is 12.5. The maximum atomic E-state index is 12.3. The normalized spacial score (nSPS) is 16.7. The fourth-order valence-electron chi connectivity index (χ4n) is 2.61. The molecule has 1 fully saturated rings. The van der Waals surface area contributed by atoms with Gasteiger partial charge >= 0.3 is 0 Å². The van der Waals surface area contributed by atoms with Crippen molar-refractivity contribution in [1.29, 1.82) is 0 Å². The lowest BCUT2D eigenvalue weighted by molar-refractivity contribution is 0.0938. The summed E-state index contributed by atoms with van der Waals surface area (Å²) in [7, 11) is 0. The van der Waals surface area contributed by atoms with Crippen molar-refractivity contribution in [2.75, 3.05) is 32.8 Å². The molecule has 0 unspecified atom stereocenters. The highest BCUT2D eigenvalue weighted by Gasteiger charge is 2.23. The van der Waals surface area contributed by atoms with Crippen LogP contribution in [0, 0.1) is 5.92 Å². The van der Waals surface area contributed by atoms with Gasteiger partial charge in [-0.3, -0.25) is 4.79 Å². The molecular formula is C16H17N3O4. The minimum atomic E-state index is -0.226. The van der Waals surface area contributed by atoms with Gasteiger partial charge in [0, 0.05) is 31.1 Å². The Hall–Kier alpha value is -2.54. The van der Waals surface area contributed by atoms with Crippen LogP contribution in [-0.4, -0.2) is 43.7 Å². The standard InChI is InChI=1S/C16H17N3O4/c20-16(18-8-10-6-17-7-10)14-15(23-9-19-14)11-1-2-12-13(5-11)22-4-3-21-12/h1-2,5,9-10,17H,3-4,6-8H2,(H,18,20). The van der Waals surface area contributed by atoms with Gasteiger partial charge in [0.2, 0.25) is 0 Å². The molecule has 0 aliphatic carbocycles. The van der Waals surface area contributed by atoms with E-state index in [0.29, 0.717) is 42.9 Å². The van der Waals surface area contributed by atoms with Gasteiger partial charge in [-0.15, -0.1) is 0 Å². The monoisotopic (exact) mass is 315 g/mol. The van der Waals surface area contributed by atoms with Crippen molar-refractivity contribution >= 4 is 5.91 Å². The maximum Gasteiger partial charge on any atom is 0.273 e. The summed E-state index contributed by atoms with van der Waals surface area (Å²) in [6.07, 6.45) is 1.28. The molecule has 4 rings (SSSR count). The number of carbonyl (C=O) groups excluding carboxylic acids is 1. The summed E-state index contributed by atoms with van der Waals surface area (Å²) < 4.78 is 16.5. The molecule has 0 spiro atoms. The molecule has 7 nitrogen and oxygen atoms in total. The van der Waals surface area contributed by atoms with E-state index in [2.05, 4.69) is 15.6 Å². The van der Waals surface area contributed by atoms with Crippen molar-refractivity contribution in [3.8, 4) is 22.8 Å². The second-order valence-electron chi connectivity index (χ2n) is 5.62. The molecule has 23 heavy (non-hydrogen) atoms. The van der Waals surface area contributed by atoms with Gasteiger partial charge < -0.3 is 24.5 Å². The number of aromatic nitrogens is 1. The van der Waals surface area contributed by atoms with E-state index < -0.39 is 0 Å². The number of hydrogen-bond acceptors (Lipinski definition) is 6. The van der Waals surface area contributed by atoms with Gasteiger partial charge in [-0.2, -0.15) is 0 Å². The van der Waals surface area contributed by atoms with Gasteiger partial charge in [-0.25, -0.2) is 4.98 Å². The first kappa shape index (κ1) is 14.1. The zero-order valence-corrected chi connectivity index (χ0v) is 12.5. The van der Waals surface area contributed by atoms with Crippen molar-refractivity contribution < 1.29 is 18.7 Å². The van der Waals surface area contributed by atoms with Crippen LogP contribution >= 0.6 is 0 Å². The smallest absolute Gasteiger partial charge is 0.273 e. The highest BCUT2D eigenvalue weighted by atomic mass is 16.6. The lowest BCUT2D eigenvalue weighted by Gasteiger charge is -2.26. The lowest BCUT2D eigenvalue weighted by Crippen LogP contribution is -2.48. The van der Waals surface area contributed by atoms with Crippen LogP contribution in [0.15, 0.2) is 29.0 Å². The van der Waals surface area contributed by atoms with E-state index in [1.807, 2.05) is 18.2 Å². The summed E-state index contributed by atoms with van der Waals surface area (Å²) in [5.74, 6) is 2.05. The second kappa shape index (κ2) is 5.92. The van der Waals surface area contributed by atoms with Crippen molar-refractivity contribution in [2.24, 2.45) is 5.92 Å². The summed E-state index contributed by atoms with van der Waals surface area (Å²) in [6, 6.07) is 5.45. The van der Waals surface area contributed by atoms with Crippen LogP contribution in [0.25, 0.3) is 11.3 Å². The fourth-order valence-corrected chi connectivity index (χ4v) is 2.61.